The third kappa shape index (κ3) is 3.29. The van der Waals surface area contributed by atoms with Crippen LogP contribution < -0.4 is 11.1 Å². The van der Waals surface area contributed by atoms with Crippen LogP contribution in [0.25, 0.3) is 21.9 Å². The number of aryl methyl sites for hydroxylation is 1. The minimum Gasteiger partial charge on any atom is -0.384 e. The molecule has 1 atom stereocenters. The van der Waals surface area contributed by atoms with Crippen LogP contribution in [0.1, 0.15) is 18.9 Å². The Morgan fingerprint density at radius 1 is 1.25 bits per heavy atom. The Bertz CT molecular complexity index is 1010. The number of likely N-dealkylation sites (tertiary alicyclic amines) is 1. The molecule has 0 spiro atoms. The van der Waals surface area contributed by atoms with Crippen LogP contribution in [-0.4, -0.2) is 35.6 Å². The van der Waals surface area contributed by atoms with Gasteiger partial charge in [0.25, 0.3) is 0 Å². The molecule has 4 rings (SSSR count). The fourth-order valence-electron chi connectivity index (χ4n) is 4.03. The molecule has 1 aromatic heterocycles. The van der Waals surface area contributed by atoms with Crippen LogP contribution in [-0.2, 0) is 0 Å². The standard InChI is InChI=1S/C22H24F2N4/c1-3-28-8-7-14(12-28)27-19-9-16(21-13(2)5-4-6-18(21)23)22(24)17-11-26-20(25)10-15(17)19/h4-6,9-11,14,27H,3,7-8,12H2,1-2H3,(H2,25,26). The largest absolute Gasteiger partial charge is 0.384 e. The molecule has 0 amide bonds. The van der Waals surface area contributed by atoms with Gasteiger partial charge in [0.05, 0.1) is 0 Å². The summed E-state index contributed by atoms with van der Waals surface area (Å²) in [4.78, 5) is 6.42. The number of hydrogen-bond donors (Lipinski definition) is 2. The average Bonchev–Trinajstić information content (AvgIpc) is 3.12. The van der Waals surface area contributed by atoms with E-state index in [1.807, 2.05) is 0 Å². The number of nitrogen functional groups attached to an aromatic ring is 1. The van der Waals surface area contributed by atoms with Crippen molar-refractivity contribution in [2.45, 2.75) is 26.3 Å². The minimum absolute atomic E-state index is 0.238. The summed E-state index contributed by atoms with van der Waals surface area (Å²) in [5.41, 5.74) is 7.82. The summed E-state index contributed by atoms with van der Waals surface area (Å²) in [7, 11) is 0. The molecule has 2 aromatic carbocycles. The van der Waals surface area contributed by atoms with Crippen LogP contribution in [0.3, 0.4) is 0 Å². The average molecular weight is 382 g/mol. The Balaban J connectivity index is 1.88. The van der Waals surface area contributed by atoms with Crippen molar-refractivity contribution in [1.29, 1.82) is 0 Å². The number of aromatic nitrogens is 1. The fourth-order valence-corrected chi connectivity index (χ4v) is 4.03. The van der Waals surface area contributed by atoms with E-state index in [0.29, 0.717) is 22.2 Å². The quantitative estimate of drug-likeness (QED) is 0.694. The van der Waals surface area contributed by atoms with Gasteiger partial charge in [0, 0.05) is 52.9 Å². The van der Waals surface area contributed by atoms with E-state index in [1.165, 1.54) is 12.3 Å². The third-order valence-corrected chi connectivity index (χ3v) is 5.55. The van der Waals surface area contributed by atoms with Crippen LogP contribution in [0.2, 0.25) is 0 Å². The van der Waals surface area contributed by atoms with Crippen molar-refractivity contribution in [3.05, 3.63) is 53.7 Å². The van der Waals surface area contributed by atoms with Crippen LogP contribution in [0.4, 0.5) is 20.3 Å². The number of benzene rings is 2. The van der Waals surface area contributed by atoms with Gasteiger partial charge in [0.15, 0.2) is 0 Å². The summed E-state index contributed by atoms with van der Waals surface area (Å²) in [5.74, 6) is -0.597. The van der Waals surface area contributed by atoms with Crippen molar-refractivity contribution in [2.75, 3.05) is 30.7 Å². The van der Waals surface area contributed by atoms with Crippen molar-refractivity contribution < 1.29 is 8.78 Å². The van der Waals surface area contributed by atoms with Crippen LogP contribution >= 0.6 is 0 Å². The number of fused-ring (bicyclic) bond motifs is 1. The van der Waals surface area contributed by atoms with Gasteiger partial charge >= 0.3 is 0 Å². The summed E-state index contributed by atoms with van der Waals surface area (Å²) in [6, 6.07) is 8.40. The number of pyridine rings is 1. The molecule has 2 heterocycles. The van der Waals surface area contributed by atoms with Gasteiger partial charge < -0.3 is 16.0 Å². The first-order chi connectivity index (χ1) is 13.5. The highest BCUT2D eigenvalue weighted by molar-refractivity contribution is 5.99. The summed E-state index contributed by atoms with van der Waals surface area (Å²) in [6.07, 6.45) is 2.43. The van der Waals surface area contributed by atoms with Gasteiger partial charge in [-0.3, -0.25) is 0 Å². The normalized spacial score (nSPS) is 17.4. The number of anilines is 2. The maximum atomic E-state index is 15.4. The molecule has 3 aromatic rings. The second-order valence-corrected chi connectivity index (χ2v) is 7.40. The lowest BCUT2D eigenvalue weighted by molar-refractivity contribution is 0.356. The number of nitrogens with zero attached hydrogens (tertiary/aromatic N) is 2. The molecule has 28 heavy (non-hydrogen) atoms. The molecular formula is C22H24F2N4. The van der Waals surface area contributed by atoms with E-state index >= 15 is 4.39 Å². The first-order valence-electron chi connectivity index (χ1n) is 9.60. The SMILES string of the molecule is CCN1CCC(Nc2cc(-c3c(C)cccc3F)c(F)c3cnc(N)cc23)C1. The number of likely N-dealkylation sites (N-methyl/N-ethyl adjacent to an activating group) is 1. The van der Waals surface area contributed by atoms with Crippen molar-refractivity contribution in [1.82, 2.24) is 9.88 Å². The van der Waals surface area contributed by atoms with E-state index in [-0.39, 0.29) is 17.2 Å². The molecular weight excluding hydrogens is 358 g/mol. The predicted octanol–water partition coefficient (Wildman–Crippen LogP) is 4.58. The van der Waals surface area contributed by atoms with Gasteiger partial charge in [-0.1, -0.05) is 19.1 Å². The lowest BCUT2D eigenvalue weighted by Crippen LogP contribution is -2.26. The fraction of sp³-hybridized carbons (Fsp3) is 0.318. The van der Waals surface area contributed by atoms with Gasteiger partial charge in [-0.15, -0.1) is 0 Å². The Morgan fingerprint density at radius 2 is 2.07 bits per heavy atom. The Hall–Kier alpha value is -2.73. The smallest absolute Gasteiger partial charge is 0.140 e. The number of halogens is 2. The maximum Gasteiger partial charge on any atom is 0.140 e. The zero-order valence-corrected chi connectivity index (χ0v) is 16.1. The van der Waals surface area contributed by atoms with Crippen LogP contribution in [0.5, 0.6) is 0 Å². The predicted molar refractivity (Wildman–Crippen MR) is 110 cm³/mol. The van der Waals surface area contributed by atoms with Gasteiger partial charge in [0.2, 0.25) is 0 Å². The zero-order chi connectivity index (χ0) is 19.8. The topological polar surface area (TPSA) is 54.2 Å². The molecule has 3 N–H and O–H groups in total. The second-order valence-electron chi connectivity index (χ2n) is 7.40. The van der Waals surface area contributed by atoms with E-state index in [4.69, 9.17) is 5.73 Å². The zero-order valence-electron chi connectivity index (χ0n) is 16.1. The summed E-state index contributed by atoms with van der Waals surface area (Å²) >= 11 is 0. The Kier molecular flexibility index (Phi) is 4.89. The summed E-state index contributed by atoms with van der Waals surface area (Å²) in [6.45, 7) is 6.87. The molecule has 0 aliphatic carbocycles. The molecule has 6 heteroatoms. The monoisotopic (exact) mass is 382 g/mol. The summed E-state index contributed by atoms with van der Waals surface area (Å²) in [5, 5.41) is 4.54. The first-order valence-corrected chi connectivity index (χ1v) is 9.60. The Labute approximate surface area is 163 Å². The molecule has 146 valence electrons. The molecule has 0 bridgehead atoms. The molecule has 1 aliphatic rings. The first kappa shape index (κ1) is 18.6. The lowest BCUT2D eigenvalue weighted by atomic mass is 9.95. The van der Waals surface area contributed by atoms with Crippen molar-refractivity contribution in [3.63, 3.8) is 0 Å². The van der Waals surface area contributed by atoms with Gasteiger partial charge in [-0.25, -0.2) is 13.8 Å². The molecule has 1 unspecified atom stereocenters. The molecule has 1 fully saturated rings. The van der Waals surface area contributed by atoms with Gasteiger partial charge in [-0.2, -0.15) is 0 Å². The maximum absolute atomic E-state index is 15.4. The Morgan fingerprint density at radius 3 is 2.79 bits per heavy atom. The van der Waals surface area contributed by atoms with E-state index in [0.717, 1.165) is 31.7 Å². The van der Waals surface area contributed by atoms with E-state index in [1.54, 1.807) is 31.2 Å². The highest BCUT2D eigenvalue weighted by atomic mass is 19.1. The highest BCUT2D eigenvalue weighted by Gasteiger charge is 2.24. The summed E-state index contributed by atoms with van der Waals surface area (Å²) < 4.78 is 30.0. The second kappa shape index (κ2) is 7.36. The van der Waals surface area contributed by atoms with E-state index in [2.05, 4.69) is 22.1 Å². The molecule has 1 aliphatic heterocycles. The van der Waals surface area contributed by atoms with Crippen LogP contribution in [0, 0.1) is 18.6 Å². The number of rotatable bonds is 4. The molecule has 4 nitrogen and oxygen atoms in total. The molecule has 1 saturated heterocycles. The highest BCUT2D eigenvalue weighted by Crippen LogP contribution is 2.38. The van der Waals surface area contributed by atoms with Crippen molar-refractivity contribution in [3.8, 4) is 11.1 Å². The van der Waals surface area contributed by atoms with Crippen molar-refractivity contribution >= 4 is 22.3 Å². The molecule has 0 radical (unpaired) electrons. The van der Waals surface area contributed by atoms with Crippen molar-refractivity contribution in [2.24, 2.45) is 0 Å². The molecule has 0 saturated carbocycles. The van der Waals surface area contributed by atoms with Gasteiger partial charge in [-0.05, 0) is 43.7 Å². The van der Waals surface area contributed by atoms with Crippen LogP contribution in [0.15, 0.2) is 36.5 Å². The van der Waals surface area contributed by atoms with E-state index < -0.39 is 11.6 Å². The number of nitrogens with one attached hydrogen (secondary N) is 1. The third-order valence-electron chi connectivity index (χ3n) is 5.55. The van der Waals surface area contributed by atoms with Gasteiger partial charge in [0.1, 0.15) is 17.5 Å². The number of nitrogens with two attached hydrogens (primary N) is 1. The lowest BCUT2D eigenvalue weighted by Gasteiger charge is -2.20. The van der Waals surface area contributed by atoms with E-state index in [9.17, 15) is 4.39 Å². The number of hydrogen-bond acceptors (Lipinski definition) is 4. The minimum atomic E-state index is -0.483.